The van der Waals surface area contributed by atoms with E-state index >= 15 is 0 Å². The third-order valence-electron chi connectivity index (χ3n) is 1.04. The van der Waals surface area contributed by atoms with Gasteiger partial charge in [-0.2, -0.15) is 10.9 Å². The second-order valence-corrected chi connectivity index (χ2v) is 4.15. The number of hydrogen-bond acceptors (Lipinski definition) is 2. The van der Waals surface area contributed by atoms with E-state index in [-0.39, 0.29) is 0 Å². The average molecular weight is 160 g/mol. The molecule has 3 heteroatoms. The molecule has 0 fully saturated rings. The van der Waals surface area contributed by atoms with Crippen LogP contribution >= 0.6 is 22.7 Å². The van der Waals surface area contributed by atoms with Gasteiger partial charge in [0.25, 0.3) is 0 Å². The highest BCUT2D eigenvalue weighted by Crippen LogP contribution is 2.36. The summed E-state index contributed by atoms with van der Waals surface area (Å²) in [5.74, 6) is 0. The van der Waals surface area contributed by atoms with E-state index in [4.69, 9.17) is 0 Å². The van der Waals surface area contributed by atoms with Gasteiger partial charge in [-0.15, -0.1) is 11.8 Å². The van der Waals surface area contributed by atoms with Crippen LogP contribution in [0.3, 0.4) is 0 Å². The van der Waals surface area contributed by atoms with Crippen LogP contribution in [0.15, 0.2) is 21.8 Å². The monoisotopic (exact) mass is 160 g/mol. The Labute approximate surface area is 61.6 Å². The maximum atomic E-state index is 10.2. The molecule has 0 bridgehead atoms. The number of thioether (sulfide) groups is 1. The molecule has 0 aromatic rings. The Bertz CT molecular complexity index is 172. The predicted molar refractivity (Wildman–Crippen MR) is 46.5 cm³/mol. The maximum absolute atomic E-state index is 10.2. The largest absolute Gasteiger partial charge is 0.292 e. The Morgan fingerprint density at radius 2 is 2.56 bits per heavy atom. The highest BCUT2D eigenvalue weighted by atomic mass is 32.2. The van der Waals surface area contributed by atoms with Crippen molar-refractivity contribution in [2.24, 2.45) is 0 Å². The molecular weight excluding hydrogens is 152 g/mol. The fourth-order valence-electron chi connectivity index (χ4n) is 0.579. The predicted octanol–water partition coefficient (Wildman–Crippen LogP) is 1.91. The van der Waals surface area contributed by atoms with Crippen molar-refractivity contribution < 1.29 is 4.79 Å². The third-order valence-corrected chi connectivity index (χ3v) is 3.26. The molecule has 1 rings (SSSR count). The number of thiol groups is 1. The van der Waals surface area contributed by atoms with E-state index in [1.807, 2.05) is 23.1 Å². The van der Waals surface area contributed by atoms with Crippen molar-refractivity contribution in [2.45, 2.75) is 0 Å². The first-order chi connectivity index (χ1) is 4.36. The molecule has 0 aromatic carbocycles. The topological polar surface area (TPSA) is 17.1 Å². The van der Waals surface area contributed by atoms with Crippen LogP contribution in [0.2, 0.25) is 0 Å². The zero-order valence-electron chi connectivity index (χ0n) is 5.07. The first-order valence-corrected chi connectivity index (χ1v) is 5.31. The number of allylic oxidation sites excluding steroid dienone is 1. The number of hydrogen-bond donors (Lipinski definition) is 1. The molecule has 1 heterocycles. The van der Waals surface area contributed by atoms with Gasteiger partial charge in [0.1, 0.15) is 0 Å². The quantitative estimate of drug-likeness (QED) is 0.491. The van der Waals surface area contributed by atoms with Crippen LogP contribution in [0.4, 0.5) is 0 Å². The lowest BCUT2D eigenvalue weighted by molar-refractivity contribution is 0.570. The molecule has 9 heavy (non-hydrogen) atoms. The van der Waals surface area contributed by atoms with Gasteiger partial charge in [-0.25, -0.2) is 0 Å². The Morgan fingerprint density at radius 1 is 1.78 bits per heavy atom. The number of carbonyl (C=O) groups excluding carboxylic acids is 1. The normalized spacial score (nSPS) is 28.1. The van der Waals surface area contributed by atoms with Gasteiger partial charge < -0.3 is 0 Å². The Balaban J connectivity index is 2.62. The van der Waals surface area contributed by atoms with Gasteiger partial charge in [0.15, 0.2) is 5.62 Å². The van der Waals surface area contributed by atoms with Crippen LogP contribution in [0, 0.1) is 0 Å². The van der Waals surface area contributed by atoms with Crippen LogP contribution < -0.4 is 0 Å². The molecular formula is C6H8OS2. The number of rotatable bonds is 2. The minimum Gasteiger partial charge on any atom is -0.292 e. The summed E-state index contributed by atoms with van der Waals surface area (Å²) in [7, 11) is -0.532. The van der Waals surface area contributed by atoms with Crippen LogP contribution in [0.25, 0.3) is 0 Å². The molecule has 0 saturated carbocycles. The lowest BCUT2D eigenvalue weighted by atomic mass is 10.6. The van der Waals surface area contributed by atoms with Crippen LogP contribution in [0.1, 0.15) is 0 Å². The first kappa shape index (κ1) is 6.96. The van der Waals surface area contributed by atoms with Crippen molar-refractivity contribution in [1.82, 2.24) is 0 Å². The van der Waals surface area contributed by atoms with Gasteiger partial charge in [0.2, 0.25) is 0 Å². The molecule has 0 N–H and O–H groups in total. The van der Waals surface area contributed by atoms with E-state index in [1.165, 1.54) is 4.91 Å². The molecule has 1 atom stereocenters. The minimum absolute atomic E-state index is 0.532. The summed E-state index contributed by atoms with van der Waals surface area (Å²) in [6.07, 6.45) is 4.02. The lowest BCUT2D eigenvalue weighted by Gasteiger charge is -1.93. The molecule has 1 aliphatic rings. The first-order valence-electron chi connectivity index (χ1n) is 2.53. The molecule has 0 spiro atoms. The Hall–Kier alpha value is -0.150. The third kappa shape index (κ3) is 1.63. The molecule has 0 saturated heterocycles. The standard InChI is InChI=1S/C6H8OS2/c1-8-6-2-3-9(4-6)5-7/h2-5,9H,1H3. The van der Waals surface area contributed by atoms with Crippen molar-refractivity contribution in [3.63, 3.8) is 0 Å². The van der Waals surface area contributed by atoms with Crippen LogP contribution in [-0.4, -0.2) is 11.9 Å². The highest BCUT2D eigenvalue weighted by Gasteiger charge is 2.01. The average Bonchev–Trinajstić information content (AvgIpc) is 2.34. The molecule has 1 aliphatic heterocycles. The van der Waals surface area contributed by atoms with Gasteiger partial charge >= 0.3 is 0 Å². The minimum atomic E-state index is -0.532. The fraction of sp³-hybridized carbons (Fsp3) is 0.167. The Morgan fingerprint density at radius 3 is 2.89 bits per heavy atom. The molecule has 0 radical (unpaired) electrons. The summed E-state index contributed by atoms with van der Waals surface area (Å²) in [5, 5.41) is 3.99. The zero-order valence-corrected chi connectivity index (χ0v) is 6.78. The fourth-order valence-corrected chi connectivity index (χ4v) is 2.60. The molecule has 1 unspecified atom stereocenters. The van der Waals surface area contributed by atoms with Crippen LogP contribution in [0.5, 0.6) is 0 Å². The molecule has 1 nitrogen and oxygen atoms in total. The van der Waals surface area contributed by atoms with E-state index in [0.717, 1.165) is 5.62 Å². The number of carbonyl (C=O) groups is 1. The van der Waals surface area contributed by atoms with Crippen molar-refractivity contribution in [3.8, 4) is 0 Å². The second-order valence-electron chi connectivity index (χ2n) is 1.60. The summed E-state index contributed by atoms with van der Waals surface area (Å²) in [6, 6.07) is 0. The van der Waals surface area contributed by atoms with E-state index in [2.05, 4.69) is 0 Å². The van der Waals surface area contributed by atoms with Gasteiger partial charge in [-0.05, 0) is 23.1 Å². The van der Waals surface area contributed by atoms with E-state index in [1.54, 1.807) is 11.8 Å². The Kier molecular flexibility index (Phi) is 2.42. The van der Waals surface area contributed by atoms with Crippen LogP contribution in [-0.2, 0) is 4.79 Å². The summed E-state index contributed by atoms with van der Waals surface area (Å²) in [4.78, 5) is 11.4. The highest BCUT2D eigenvalue weighted by molar-refractivity contribution is 8.33. The zero-order chi connectivity index (χ0) is 6.69. The molecule has 50 valence electrons. The van der Waals surface area contributed by atoms with Gasteiger partial charge in [0, 0.05) is 4.91 Å². The smallest absolute Gasteiger partial charge is 0.163 e. The second kappa shape index (κ2) is 3.13. The van der Waals surface area contributed by atoms with Gasteiger partial charge in [-0.1, -0.05) is 0 Å². The summed E-state index contributed by atoms with van der Waals surface area (Å²) < 4.78 is 0. The van der Waals surface area contributed by atoms with E-state index < -0.39 is 10.9 Å². The molecule has 0 aromatic heterocycles. The molecule has 0 amide bonds. The van der Waals surface area contributed by atoms with Crippen molar-refractivity contribution in [1.29, 1.82) is 0 Å². The maximum Gasteiger partial charge on any atom is 0.163 e. The summed E-state index contributed by atoms with van der Waals surface area (Å²) in [5.41, 5.74) is 1.01. The van der Waals surface area contributed by atoms with Crippen molar-refractivity contribution in [2.75, 3.05) is 6.26 Å². The van der Waals surface area contributed by atoms with Crippen molar-refractivity contribution in [3.05, 3.63) is 21.8 Å². The SMILES string of the molecule is CSC1=C[SH](C=O)C=C1. The summed E-state index contributed by atoms with van der Waals surface area (Å²) >= 11 is 1.68. The van der Waals surface area contributed by atoms with E-state index in [0.29, 0.717) is 0 Å². The van der Waals surface area contributed by atoms with Gasteiger partial charge in [0.05, 0.1) is 0 Å². The molecule has 0 aliphatic carbocycles. The lowest BCUT2D eigenvalue weighted by Crippen LogP contribution is -1.63. The van der Waals surface area contributed by atoms with Crippen molar-refractivity contribution >= 4 is 28.3 Å². The van der Waals surface area contributed by atoms with Gasteiger partial charge in [-0.3, -0.25) is 4.79 Å². The summed E-state index contributed by atoms with van der Waals surface area (Å²) in [6.45, 7) is 0. The van der Waals surface area contributed by atoms with E-state index in [9.17, 15) is 4.79 Å².